The number of anilines is 1. The molecule has 0 aliphatic carbocycles. The molecule has 2 aromatic heterocycles. The quantitative estimate of drug-likeness (QED) is 0.0648. The third kappa shape index (κ3) is 8.13. The Morgan fingerprint density at radius 3 is 2.49 bits per heavy atom. The molecular formula is C29H37N6O10S2+. The van der Waals surface area contributed by atoms with Gasteiger partial charge in [-0.1, -0.05) is 18.5 Å². The number of carbonyl (C=O) groups is 3. The Kier molecular flexibility index (Phi) is 10.7. The van der Waals surface area contributed by atoms with Crippen molar-refractivity contribution < 1.29 is 51.0 Å². The molecule has 2 atom stereocenters. The lowest BCUT2D eigenvalue weighted by Gasteiger charge is -2.50. The molecule has 254 valence electrons. The van der Waals surface area contributed by atoms with Crippen molar-refractivity contribution in [2.75, 3.05) is 12.3 Å². The van der Waals surface area contributed by atoms with Gasteiger partial charge in [0, 0.05) is 23.4 Å². The molecule has 0 spiro atoms. The SMILES string of the molecule is CCCCn1c(C)cc(-c2ccc(OC[C@H](O/N=C(\C(=O)C[C@@H]3C(=O)N(OS(=O)(=O)O)C3(C)C)c3csc(N)n3)C(=O)O)cc2)[n+]1C. The van der Waals surface area contributed by atoms with Gasteiger partial charge in [-0.2, -0.15) is 18.2 Å². The van der Waals surface area contributed by atoms with Gasteiger partial charge >= 0.3 is 16.4 Å². The summed E-state index contributed by atoms with van der Waals surface area (Å²) in [6.45, 7) is 7.50. The Hall–Kier alpha value is -4.39. The second-order valence-electron chi connectivity index (χ2n) is 11.4. The standard InChI is InChI=1S/C29H36N6O10S2/c1-6-7-12-34-17(2)13-22(33(34)5)18-8-10-19(11-9-18)43-15-24(27(38)39)44-32-25(21-16-46-28(30)31-21)23(36)14-20-26(37)35(29(20,3)4)45-47(40,41)42/h8-11,13,16,20,24H,6-7,12,14-15H2,1-5H3,(H3-,30,31,38,39,40,41,42)/p+1/b32-25-/t20-,24+/m1/s1. The number of hydrogen-bond donors (Lipinski definition) is 3. The van der Waals surface area contributed by atoms with Gasteiger partial charge in [-0.25, -0.2) is 9.78 Å². The second kappa shape index (κ2) is 14.2. The van der Waals surface area contributed by atoms with E-state index in [1.807, 2.05) is 19.2 Å². The molecule has 0 bridgehead atoms. The summed E-state index contributed by atoms with van der Waals surface area (Å²) >= 11 is 0.994. The van der Waals surface area contributed by atoms with Gasteiger partial charge in [-0.3, -0.25) is 14.1 Å². The summed E-state index contributed by atoms with van der Waals surface area (Å²) in [6.07, 6.45) is 0.0174. The number of ether oxygens (including phenoxy) is 1. The van der Waals surface area contributed by atoms with Gasteiger partial charge in [0.2, 0.25) is 5.69 Å². The van der Waals surface area contributed by atoms with Crippen LogP contribution in [-0.2, 0) is 47.5 Å². The maximum Gasteiger partial charge on any atom is 0.418 e. The molecule has 1 fully saturated rings. The molecule has 0 radical (unpaired) electrons. The second-order valence-corrected chi connectivity index (χ2v) is 13.3. The minimum atomic E-state index is -4.98. The van der Waals surface area contributed by atoms with Crippen molar-refractivity contribution in [1.82, 2.24) is 14.7 Å². The minimum Gasteiger partial charge on any atom is -0.489 e. The maximum atomic E-state index is 13.3. The highest BCUT2D eigenvalue weighted by atomic mass is 32.3. The van der Waals surface area contributed by atoms with E-state index >= 15 is 0 Å². The van der Waals surface area contributed by atoms with Crippen LogP contribution in [0.1, 0.15) is 51.4 Å². The fourth-order valence-electron chi connectivity index (χ4n) is 5.08. The van der Waals surface area contributed by atoms with Gasteiger partial charge < -0.3 is 20.4 Å². The van der Waals surface area contributed by atoms with Crippen LogP contribution >= 0.6 is 11.3 Å². The first kappa shape index (κ1) is 35.5. The van der Waals surface area contributed by atoms with Crippen molar-refractivity contribution in [2.45, 2.75) is 65.1 Å². The normalized spacial score (nSPS) is 16.9. The molecule has 0 saturated carbocycles. The van der Waals surface area contributed by atoms with Crippen molar-refractivity contribution in [2.24, 2.45) is 18.1 Å². The number of aryl methyl sites for hydroxylation is 1. The summed E-state index contributed by atoms with van der Waals surface area (Å²) in [6, 6.07) is 9.22. The average molecular weight is 694 g/mol. The van der Waals surface area contributed by atoms with Crippen LogP contribution in [0.15, 0.2) is 40.9 Å². The van der Waals surface area contributed by atoms with Crippen LogP contribution in [0.25, 0.3) is 11.3 Å². The summed E-state index contributed by atoms with van der Waals surface area (Å²) < 4.78 is 45.5. The first-order chi connectivity index (χ1) is 22.0. The van der Waals surface area contributed by atoms with Crippen LogP contribution in [-0.4, -0.2) is 74.4 Å². The van der Waals surface area contributed by atoms with E-state index in [-0.39, 0.29) is 10.8 Å². The Balaban J connectivity index is 1.46. The molecule has 18 heteroatoms. The summed E-state index contributed by atoms with van der Waals surface area (Å²) in [5.41, 5.74) is 7.09. The van der Waals surface area contributed by atoms with E-state index in [1.165, 1.54) is 19.2 Å². The molecule has 1 aromatic carbocycles. The van der Waals surface area contributed by atoms with E-state index < -0.39 is 64.4 Å². The Morgan fingerprint density at radius 2 is 1.94 bits per heavy atom. The topological polar surface area (TPSA) is 217 Å². The van der Waals surface area contributed by atoms with Crippen molar-refractivity contribution in [3.05, 3.63) is 47.1 Å². The number of carboxylic acid groups (broad SMARTS) is 1. The van der Waals surface area contributed by atoms with E-state index in [2.05, 4.69) is 43.7 Å². The number of ketones is 1. The van der Waals surface area contributed by atoms with Crippen LogP contribution < -0.4 is 15.2 Å². The number of carbonyl (C=O) groups excluding carboxylic acids is 2. The number of aromatic nitrogens is 3. The highest BCUT2D eigenvalue weighted by molar-refractivity contribution is 7.80. The third-order valence-corrected chi connectivity index (χ3v) is 8.76. The molecule has 4 N–H and O–H groups in total. The van der Waals surface area contributed by atoms with Gasteiger partial charge in [0.25, 0.3) is 12.0 Å². The van der Waals surface area contributed by atoms with E-state index in [0.29, 0.717) is 10.8 Å². The highest BCUT2D eigenvalue weighted by Gasteiger charge is 2.57. The highest BCUT2D eigenvalue weighted by Crippen LogP contribution is 2.40. The van der Waals surface area contributed by atoms with Crippen molar-refractivity contribution in [3.8, 4) is 17.0 Å². The molecule has 1 aliphatic heterocycles. The number of benzene rings is 1. The number of nitrogens with zero attached hydrogens (tertiary/aromatic N) is 5. The zero-order chi connectivity index (χ0) is 34.7. The number of unbranched alkanes of at least 4 members (excludes halogenated alkanes) is 1. The Labute approximate surface area is 275 Å². The summed E-state index contributed by atoms with van der Waals surface area (Å²) in [7, 11) is -2.99. The van der Waals surface area contributed by atoms with Crippen molar-refractivity contribution in [1.29, 1.82) is 0 Å². The zero-order valence-corrected chi connectivity index (χ0v) is 28.1. The average Bonchev–Trinajstić information content (AvgIpc) is 3.56. The number of hydroxylamine groups is 2. The smallest absolute Gasteiger partial charge is 0.418 e. The lowest BCUT2D eigenvalue weighted by Crippen LogP contribution is -2.68. The Bertz CT molecular complexity index is 1780. The van der Waals surface area contributed by atoms with Crippen molar-refractivity contribution in [3.63, 3.8) is 0 Å². The number of aliphatic carboxylic acids is 1. The van der Waals surface area contributed by atoms with Gasteiger partial charge in [0.1, 0.15) is 18.1 Å². The fraction of sp³-hybridized carbons (Fsp3) is 0.448. The van der Waals surface area contributed by atoms with Gasteiger partial charge in [0.05, 0.1) is 23.7 Å². The van der Waals surface area contributed by atoms with Gasteiger partial charge in [-0.05, 0) is 51.5 Å². The fourth-order valence-corrected chi connectivity index (χ4v) is 6.08. The molecule has 16 nitrogen and oxygen atoms in total. The number of nitrogens with two attached hydrogens (primary N) is 1. The monoisotopic (exact) mass is 693 g/mol. The number of thiazole rings is 1. The van der Waals surface area contributed by atoms with Gasteiger partial charge in [0.15, 0.2) is 23.7 Å². The number of β-lactam (4-membered cyclic amide) rings is 1. The minimum absolute atomic E-state index is 0.0132. The number of amides is 1. The molecule has 47 heavy (non-hydrogen) atoms. The van der Waals surface area contributed by atoms with E-state index in [4.69, 9.17) is 19.9 Å². The molecule has 0 unspecified atom stereocenters. The first-order valence-electron chi connectivity index (χ1n) is 14.5. The molecule has 1 aliphatic rings. The summed E-state index contributed by atoms with van der Waals surface area (Å²) in [5.74, 6) is -3.75. The molecule has 4 rings (SSSR count). The molecule has 1 saturated heterocycles. The first-order valence-corrected chi connectivity index (χ1v) is 16.8. The van der Waals surface area contributed by atoms with E-state index in [9.17, 15) is 27.9 Å². The Morgan fingerprint density at radius 1 is 1.26 bits per heavy atom. The third-order valence-electron chi connectivity index (χ3n) is 7.75. The lowest BCUT2D eigenvalue weighted by atomic mass is 9.74. The van der Waals surface area contributed by atoms with Crippen LogP contribution in [0.4, 0.5) is 5.13 Å². The number of hydrogen-bond acceptors (Lipinski definition) is 12. The largest absolute Gasteiger partial charge is 0.489 e. The zero-order valence-electron chi connectivity index (χ0n) is 26.4. The summed E-state index contributed by atoms with van der Waals surface area (Å²) in [5, 5.41) is 15.5. The summed E-state index contributed by atoms with van der Waals surface area (Å²) in [4.78, 5) is 47.2. The van der Waals surface area contributed by atoms with Crippen LogP contribution in [0.5, 0.6) is 5.75 Å². The number of oxime groups is 1. The van der Waals surface area contributed by atoms with E-state index in [0.717, 1.165) is 47.7 Å². The molecule has 1 amide bonds. The predicted octanol–water partition coefficient (Wildman–Crippen LogP) is 2.31. The maximum absolute atomic E-state index is 13.3. The molecule has 3 heterocycles. The number of nitrogen functional groups attached to an aromatic ring is 1. The van der Waals surface area contributed by atoms with Crippen LogP contribution in [0.2, 0.25) is 0 Å². The van der Waals surface area contributed by atoms with Gasteiger partial charge in [-0.15, -0.1) is 20.3 Å². The number of carboxylic acids is 1. The predicted molar refractivity (Wildman–Crippen MR) is 168 cm³/mol. The number of Topliss-reactive ketones (excluding diaryl/α,β-unsaturated/α-hetero) is 1. The van der Waals surface area contributed by atoms with E-state index in [1.54, 1.807) is 12.1 Å². The molecular weight excluding hydrogens is 656 g/mol. The van der Waals surface area contributed by atoms with Crippen LogP contribution in [0.3, 0.4) is 0 Å². The van der Waals surface area contributed by atoms with Crippen LogP contribution in [0, 0.1) is 12.8 Å². The number of rotatable bonds is 16. The molecule has 3 aromatic rings. The van der Waals surface area contributed by atoms with Crippen molar-refractivity contribution >= 4 is 50.2 Å². The lowest BCUT2D eigenvalue weighted by molar-refractivity contribution is -0.744.